The summed E-state index contributed by atoms with van der Waals surface area (Å²) in [5.41, 5.74) is 0.867. The lowest BCUT2D eigenvalue weighted by atomic mass is 9.75. The van der Waals surface area contributed by atoms with Gasteiger partial charge in [-0.1, -0.05) is 30.7 Å². The van der Waals surface area contributed by atoms with Crippen molar-refractivity contribution in [3.8, 4) is 0 Å². The summed E-state index contributed by atoms with van der Waals surface area (Å²) in [7, 11) is 0. The highest BCUT2D eigenvalue weighted by atomic mass is 35.5. The molecule has 3 rings (SSSR count). The van der Waals surface area contributed by atoms with E-state index in [0.717, 1.165) is 18.4 Å². The number of halogens is 1. The number of benzene rings is 1. The highest BCUT2D eigenvalue weighted by Crippen LogP contribution is 2.41. The van der Waals surface area contributed by atoms with E-state index in [1.54, 1.807) is 0 Å². The van der Waals surface area contributed by atoms with Gasteiger partial charge in [-0.3, -0.25) is 4.79 Å². The normalized spacial score (nSPS) is 25.9. The molecule has 0 saturated carbocycles. The quantitative estimate of drug-likeness (QED) is 0.722. The fourth-order valence-electron chi connectivity index (χ4n) is 4.24. The van der Waals surface area contributed by atoms with Gasteiger partial charge in [0.15, 0.2) is 0 Å². The topological polar surface area (TPSA) is 55.8 Å². The monoisotopic (exact) mass is 393 g/mol. The van der Waals surface area contributed by atoms with Gasteiger partial charge in [0, 0.05) is 18.1 Å². The van der Waals surface area contributed by atoms with Gasteiger partial charge in [-0.05, 0) is 62.6 Å². The highest BCUT2D eigenvalue weighted by Gasteiger charge is 2.40. The van der Waals surface area contributed by atoms with Crippen molar-refractivity contribution in [2.24, 2.45) is 5.92 Å². The van der Waals surface area contributed by atoms with Crippen LogP contribution in [-0.4, -0.2) is 41.8 Å². The Morgan fingerprint density at radius 1 is 1.33 bits per heavy atom. The van der Waals surface area contributed by atoms with Crippen LogP contribution in [0, 0.1) is 5.92 Å². The molecule has 1 aromatic carbocycles. The van der Waals surface area contributed by atoms with Crippen molar-refractivity contribution in [1.82, 2.24) is 4.90 Å². The van der Waals surface area contributed by atoms with Crippen LogP contribution in [0.15, 0.2) is 24.3 Å². The second kappa shape index (κ2) is 8.19. The van der Waals surface area contributed by atoms with E-state index in [0.29, 0.717) is 24.0 Å². The number of hydrogen-bond donors (Lipinski definition) is 0. The third-order valence-electron chi connectivity index (χ3n) is 5.70. The van der Waals surface area contributed by atoms with E-state index in [2.05, 4.69) is 13.8 Å². The number of nitrogens with zero attached hydrogens (tertiary/aromatic N) is 1. The summed E-state index contributed by atoms with van der Waals surface area (Å²) in [6.45, 7) is 7.11. The van der Waals surface area contributed by atoms with Crippen LogP contribution in [0.3, 0.4) is 0 Å². The zero-order chi connectivity index (χ0) is 19.6. The van der Waals surface area contributed by atoms with Gasteiger partial charge >= 0.3 is 6.09 Å². The first-order valence-corrected chi connectivity index (χ1v) is 10.1. The predicted octanol–water partition coefficient (Wildman–Crippen LogP) is 4.78. The Hall–Kier alpha value is -1.59. The minimum absolute atomic E-state index is 0.0175. The number of imide groups is 1. The third-order valence-corrected chi connectivity index (χ3v) is 5.95. The van der Waals surface area contributed by atoms with Gasteiger partial charge < -0.3 is 9.47 Å². The molecule has 5 nitrogen and oxygen atoms in total. The largest absolute Gasteiger partial charge is 0.447 e. The zero-order valence-corrected chi connectivity index (χ0v) is 17.0. The smallest absolute Gasteiger partial charge is 0.416 e. The molecule has 0 bridgehead atoms. The maximum Gasteiger partial charge on any atom is 0.416 e. The number of hydrogen-bond acceptors (Lipinski definition) is 4. The molecule has 1 aromatic rings. The van der Waals surface area contributed by atoms with Crippen molar-refractivity contribution in [1.29, 1.82) is 0 Å². The molecule has 0 radical (unpaired) electrons. The number of cyclic esters (lactones) is 1. The molecule has 6 heteroatoms. The molecule has 2 aliphatic heterocycles. The fourth-order valence-corrected chi connectivity index (χ4v) is 4.37. The molecule has 27 heavy (non-hydrogen) atoms. The first-order valence-electron chi connectivity index (χ1n) is 9.69. The zero-order valence-electron chi connectivity index (χ0n) is 16.2. The molecule has 0 N–H and O–H groups in total. The Labute approximate surface area is 166 Å². The Morgan fingerprint density at radius 3 is 2.67 bits per heavy atom. The molecular formula is C21H28ClNO4. The molecule has 2 aliphatic rings. The van der Waals surface area contributed by atoms with E-state index in [1.807, 2.05) is 31.2 Å². The van der Waals surface area contributed by atoms with E-state index in [-0.39, 0.29) is 36.5 Å². The van der Waals surface area contributed by atoms with Crippen LogP contribution >= 0.6 is 11.6 Å². The molecule has 148 valence electrons. The fraction of sp³-hybridized carbons (Fsp3) is 0.619. The lowest BCUT2D eigenvalue weighted by Crippen LogP contribution is -2.41. The summed E-state index contributed by atoms with van der Waals surface area (Å²) in [5, 5.41) is 0.672. The van der Waals surface area contributed by atoms with Crippen molar-refractivity contribution in [3.63, 3.8) is 0 Å². The Balaban J connectivity index is 1.84. The summed E-state index contributed by atoms with van der Waals surface area (Å²) >= 11 is 6.06. The molecule has 3 atom stereocenters. The molecular weight excluding hydrogens is 366 g/mol. The van der Waals surface area contributed by atoms with Crippen LogP contribution in [0.25, 0.3) is 0 Å². The molecule has 0 spiro atoms. The van der Waals surface area contributed by atoms with Crippen molar-refractivity contribution < 1.29 is 19.1 Å². The van der Waals surface area contributed by atoms with E-state index in [1.165, 1.54) is 4.90 Å². The standard InChI is InChI=1S/C21H28ClNO4/c1-4-17-13-26-20(25)23(17)19(24)11-18(14-5-7-16(22)8-6-14)15-9-10-27-21(2,3)12-15/h5-8,15,17-18H,4,9-13H2,1-3H3. The number of ether oxygens (including phenoxy) is 2. The lowest BCUT2D eigenvalue weighted by molar-refractivity contribution is -0.131. The summed E-state index contributed by atoms with van der Waals surface area (Å²) < 4.78 is 11.0. The number of carbonyl (C=O) groups is 2. The van der Waals surface area contributed by atoms with E-state index >= 15 is 0 Å². The second-order valence-electron chi connectivity index (χ2n) is 8.13. The highest BCUT2D eigenvalue weighted by molar-refractivity contribution is 6.30. The van der Waals surface area contributed by atoms with Crippen molar-refractivity contribution in [2.75, 3.05) is 13.2 Å². The van der Waals surface area contributed by atoms with E-state index in [9.17, 15) is 9.59 Å². The van der Waals surface area contributed by atoms with Crippen LogP contribution in [0.1, 0.15) is 57.9 Å². The van der Waals surface area contributed by atoms with Crippen LogP contribution in [0.5, 0.6) is 0 Å². The lowest BCUT2D eigenvalue weighted by Gasteiger charge is -2.39. The third kappa shape index (κ3) is 4.64. The van der Waals surface area contributed by atoms with Crippen molar-refractivity contribution in [3.05, 3.63) is 34.9 Å². The summed E-state index contributed by atoms with van der Waals surface area (Å²) in [6, 6.07) is 7.53. The van der Waals surface area contributed by atoms with Gasteiger partial charge in [0.1, 0.15) is 6.61 Å². The molecule has 2 heterocycles. The summed E-state index contributed by atoms with van der Waals surface area (Å²) in [4.78, 5) is 26.4. The molecule has 2 fully saturated rings. The minimum atomic E-state index is -0.519. The maximum absolute atomic E-state index is 13.0. The van der Waals surface area contributed by atoms with Crippen LogP contribution in [-0.2, 0) is 14.3 Å². The van der Waals surface area contributed by atoms with Crippen LogP contribution in [0.2, 0.25) is 5.02 Å². The Bertz CT molecular complexity index is 688. The van der Waals surface area contributed by atoms with Gasteiger partial charge in [-0.2, -0.15) is 0 Å². The van der Waals surface area contributed by atoms with Gasteiger partial charge in [0.2, 0.25) is 5.91 Å². The Morgan fingerprint density at radius 2 is 2.04 bits per heavy atom. The first kappa shape index (κ1) is 20.2. The second-order valence-corrected chi connectivity index (χ2v) is 8.56. The summed E-state index contributed by atoms with van der Waals surface area (Å²) in [5.74, 6) is 0.162. The molecule has 0 aliphatic carbocycles. The van der Waals surface area contributed by atoms with E-state index in [4.69, 9.17) is 21.1 Å². The number of amides is 2. The number of carbonyl (C=O) groups excluding carboxylic acids is 2. The van der Waals surface area contributed by atoms with Crippen molar-refractivity contribution in [2.45, 2.75) is 64.0 Å². The predicted molar refractivity (Wildman–Crippen MR) is 104 cm³/mol. The minimum Gasteiger partial charge on any atom is -0.447 e. The SMILES string of the molecule is CCC1COC(=O)N1C(=O)CC(c1ccc(Cl)cc1)C1CCOC(C)(C)C1. The average molecular weight is 394 g/mol. The molecule has 2 amide bonds. The van der Waals surface area contributed by atoms with Gasteiger partial charge in [0.25, 0.3) is 0 Å². The molecule has 0 aromatic heterocycles. The molecule has 2 saturated heterocycles. The van der Waals surface area contributed by atoms with Gasteiger partial charge in [-0.15, -0.1) is 0 Å². The number of rotatable bonds is 5. The van der Waals surface area contributed by atoms with Gasteiger partial charge in [0.05, 0.1) is 11.6 Å². The maximum atomic E-state index is 13.0. The molecule has 3 unspecified atom stereocenters. The van der Waals surface area contributed by atoms with Crippen LogP contribution < -0.4 is 0 Å². The average Bonchev–Trinajstić information content (AvgIpc) is 3.00. The Kier molecular flexibility index (Phi) is 6.11. The van der Waals surface area contributed by atoms with Crippen molar-refractivity contribution >= 4 is 23.6 Å². The first-order chi connectivity index (χ1) is 12.8. The van der Waals surface area contributed by atoms with Crippen LogP contribution in [0.4, 0.5) is 4.79 Å². The van der Waals surface area contributed by atoms with Gasteiger partial charge in [-0.25, -0.2) is 9.69 Å². The summed E-state index contributed by atoms with van der Waals surface area (Å²) in [6.07, 6.45) is 2.23. The van der Waals surface area contributed by atoms with E-state index < -0.39 is 6.09 Å².